The number of methoxy groups -OCH3 is 1. The summed E-state index contributed by atoms with van der Waals surface area (Å²) in [6.45, 7) is 3.85. The molecule has 4 rings (SSSR count). The molecule has 2 aliphatic rings. The Hall–Kier alpha value is -2.93. The van der Waals surface area contributed by atoms with Crippen molar-refractivity contribution in [2.75, 3.05) is 44.7 Å². The van der Waals surface area contributed by atoms with Crippen LogP contribution in [-0.2, 0) is 27.3 Å². The SMILES string of the molecule is COC(=O)C1Cc2ccccc2CN1C(=O)CN1CCCN(c2ccc(F)cc2)CC1. The molecule has 6 nitrogen and oxygen atoms in total. The highest BCUT2D eigenvalue weighted by Gasteiger charge is 2.35. The van der Waals surface area contributed by atoms with Crippen LogP contribution in [0.1, 0.15) is 17.5 Å². The second kappa shape index (κ2) is 9.47. The summed E-state index contributed by atoms with van der Waals surface area (Å²) in [6, 6.07) is 13.9. The molecule has 164 valence electrons. The maximum atomic E-state index is 13.2. The summed E-state index contributed by atoms with van der Waals surface area (Å²) in [7, 11) is 1.37. The molecule has 7 heteroatoms. The highest BCUT2D eigenvalue weighted by molar-refractivity contribution is 5.86. The van der Waals surface area contributed by atoms with Gasteiger partial charge in [0.2, 0.25) is 5.91 Å². The molecule has 0 bridgehead atoms. The van der Waals surface area contributed by atoms with Crippen molar-refractivity contribution >= 4 is 17.6 Å². The van der Waals surface area contributed by atoms with E-state index < -0.39 is 6.04 Å². The lowest BCUT2D eigenvalue weighted by Crippen LogP contribution is -2.52. The summed E-state index contributed by atoms with van der Waals surface area (Å²) >= 11 is 0. The average molecular weight is 426 g/mol. The first-order chi connectivity index (χ1) is 15.0. The number of carbonyl (C=O) groups excluding carboxylic acids is 2. The zero-order valence-corrected chi connectivity index (χ0v) is 17.8. The molecule has 1 saturated heterocycles. The number of hydrogen-bond acceptors (Lipinski definition) is 5. The molecule has 1 atom stereocenters. The molecule has 2 aliphatic heterocycles. The topological polar surface area (TPSA) is 53.1 Å². The summed E-state index contributed by atoms with van der Waals surface area (Å²) in [4.78, 5) is 31.7. The maximum Gasteiger partial charge on any atom is 0.328 e. The Morgan fingerprint density at radius 1 is 1.00 bits per heavy atom. The molecular weight excluding hydrogens is 397 g/mol. The lowest BCUT2D eigenvalue weighted by molar-refractivity contribution is -0.154. The first-order valence-corrected chi connectivity index (χ1v) is 10.7. The fourth-order valence-corrected chi connectivity index (χ4v) is 4.45. The molecule has 0 saturated carbocycles. The van der Waals surface area contributed by atoms with E-state index in [2.05, 4.69) is 9.80 Å². The molecule has 2 aromatic carbocycles. The van der Waals surface area contributed by atoms with Crippen molar-refractivity contribution in [1.29, 1.82) is 0 Å². The van der Waals surface area contributed by atoms with Gasteiger partial charge in [0.25, 0.3) is 0 Å². The molecule has 0 spiro atoms. The summed E-state index contributed by atoms with van der Waals surface area (Å²) in [6.07, 6.45) is 1.39. The molecular formula is C24H28FN3O3. The third-order valence-corrected chi connectivity index (χ3v) is 6.18. The van der Waals surface area contributed by atoms with E-state index in [1.165, 1.54) is 19.2 Å². The third kappa shape index (κ3) is 4.88. The number of hydrogen-bond donors (Lipinski definition) is 0. The summed E-state index contributed by atoms with van der Waals surface area (Å²) in [5, 5.41) is 0. The molecule has 0 aliphatic carbocycles. The van der Waals surface area contributed by atoms with E-state index in [4.69, 9.17) is 4.74 Å². The van der Waals surface area contributed by atoms with Crippen molar-refractivity contribution in [3.8, 4) is 0 Å². The standard InChI is InChI=1S/C24H28FN3O3/c1-31-24(30)22-15-18-5-2-3-6-19(18)16-28(22)23(29)17-26-11-4-12-27(14-13-26)21-9-7-20(25)8-10-21/h2-3,5-10,22H,4,11-17H2,1H3. The number of amides is 1. The zero-order chi connectivity index (χ0) is 21.8. The number of carbonyl (C=O) groups is 2. The van der Waals surface area contributed by atoms with Gasteiger partial charge in [-0.2, -0.15) is 0 Å². The number of rotatable bonds is 4. The fourth-order valence-electron chi connectivity index (χ4n) is 4.45. The van der Waals surface area contributed by atoms with Gasteiger partial charge in [0, 0.05) is 44.8 Å². The van der Waals surface area contributed by atoms with Crippen LogP contribution in [0.2, 0.25) is 0 Å². The Balaban J connectivity index is 1.42. The van der Waals surface area contributed by atoms with Gasteiger partial charge in [0.1, 0.15) is 11.9 Å². The van der Waals surface area contributed by atoms with Crippen molar-refractivity contribution < 1.29 is 18.7 Å². The minimum Gasteiger partial charge on any atom is -0.467 e. The first-order valence-electron chi connectivity index (χ1n) is 10.7. The first kappa shape index (κ1) is 21.3. The Morgan fingerprint density at radius 2 is 1.74 bits per heavy atom. The highest BCUT2D eigenvalue weighted by Crippen LogP contribution is 2.25. The molecule has 1 unspecified atom stereocenters. The number of fused-ring (bicyclic) bond motifs is 1. The molecule has 2 aromatic rings. The molecule has 31 heavy (non-hydrogen) atoms. The Morgan fingerprint density at radius 3 is 2.48 bits per heavy atom. The minimum atomic E-state index is -0.588. The summed E-state index contributed by atoms with van der Waals surface area (Å²) in [5.74, 6) is -0.671. The van der Waals surface area contributed by atoms with E-state index in [1.807, 2.05) is 24.3 Å². The van der Waals surface area contributed by atoms with Crippen LogP contribution < -0.4 is 4.90 Å². The molecule has 0 radical (unpaired) electrons. The molecule has 1 amide bonds. The van der Waals surface area contributed by atoms with Crippen LogP contribution in [0.4, 0.5) is 10.1 Å². The molecule has 0 aromatic heterocycles. The monoisotopic (exact) mass is 425 g/mol. The number of anilines is 1. The van der Waals surface area contributed by atoms with Crippen LogP contribution in [0, 0.1) is 5.82 Å². The van der Waals surface area contributed by atoms with Crippen LogP contribution in [0.5, 0.6) is 0 Å². The maximum absolute atomic E-state index is 13.2. The highest BCUT2D eigenvalue weighted by atomic mass is 19.1. The van der Waals surface area contributed by atoms with Crippen molar-refractivity contribution in [3.63, 3.8) is 0 Å². The van der Waals surface area contributed by atoms with E-state index in [0.717, 1.165) is 49.4 Å². The Bertz CT molecular complexity index is 934. The number of benzene rings is 2. The van der Waals surface area contributed by atoms with Crippen molar-refractivity contribution in [2.24, 2.45) is 0 Å². The summed E-state index contributed by atoms with van der Waals surface area (Å²) in [5.41, 5.74) is 3.16. The van der Waals surface area contributed by atoms with Gasteiger partial charge in [-0.3, -0.25) is 9.69 Å². The van der Waals surface area contributed by atoms with E-state index in [9.17, 15) is 14.0 Å². The van der Waals surface area contributed by atoms with Crippen molar-refractivity contribution in [3.05, 3.63) is 65.5 Å². The molecule has 1 fully saturated rings. The Kier molecular flexibility index (Phi) is 6.51. The van der Waals surface area contributed by atoms with Crippen molar-refractivity contribution in [2.45, 2.75) is 25.4 Å². The van der Waals surface area contributed by atoms with Crippen LogP contribution >= 0.6 is 0 Å². The van der Waals surface area contributed by atoms with Crippen LogP contribution in [-0.4, -0.2) is 67.6 Å². The second-order valence-corrected chi connectivity index (χ2v) is 8.13. The normalized spacial score (nSPS) is 19.5. The lowest BCUT2D eigenvalue weighted by atomic mass is 9.94. The number of nitrogens with zero attached hydrogens (tertiary/aromatic N) is 3. The van der Waals surface area contributed by atoms with Gasteiger partial charge in [0.05, 0.1) is 13.7 Å². The summed E-state index contributed by atoms with van der Waals surface area (Å²) < 4.78 is 18.2. The predicted octanol–water partition coefficient (Wildman–Crippen LogP) is 2.46. The number of halogens is 1. The van der Waals surface area contributed by atoms with E-state index in [0.29, 0.717) is 13.0 Å². The van der Waals surface area contributed by atoms with Crippen LogP contribution in [0.15, 0.2) is 48.5 Å². The van der Waals surface area contributed by atoms with Gasteiger partial charge in [-0.25, -0.2) is 9.18 Å². The van der Waals surface area contributed by atoms with Gasteiger partial charge in [0.15, 0.2) is 0 Å². The average Bonchev–Trinajstić information content (AvgIpc) is 3.03. The van der Waals surface area contributed by atoms with Gasteiger partial charge in [-0.1, -0.05) is 24.3 Å². The van der Waals surface area contributed by atoms with Crippen LogP contribution in [0.25, 0.3) is 0 Å². The smallest absolute Gasteiger partial charge is 0.328 e. The van der Waals surface area contributed by atoms with Gasteiger partial charge >= 0.3 is 5.97 Å². The quantitative estimate of drug-likeness (QED) is 0.705. The zero-order valence-electron chi connectivity index (χ0n) is 17.8. The van der Waals surface area contributed by atoms with Gasteiger partial charge in [-0.05, 0) is 41.8 Å². The van der Waals surface area contributed by atoms with Crippen molar-refractivity contribution in [1.82, 2.24) is 9.80 Å². The van der Waals surface area contributed by atoms with Gasteiger partial charge in [-0.15, -0.1) is 0 Å². The molecule has 0 N–H and O–H groups in total. The minimum absolute atomic E-state index is 0.0554. The second-order valence-electron chi connectivity index (χ2n) is 8.13. The van der Waals surface area contributed by atoms with E-state index >= 15 is 0 Å². The Labute approximate surface area is 182 Å². The largest absolute Gasteiger partial charge is 0.467 e. The van der Waals surface area contributed by atoms with E-state index in [-0.39, 0.29) is 24.2 Å². The molecule has 2 heterocycles. The fraction of sp³-hybridized carbons (Fsp3) is 0.417. The third-order valence-electron chi connectivity index (χ3n) is 6.18. The van der Waals surface area contributed by atoms with E-state index in [1.54, 1.807) is 17.0 Å². The number of esters is 1. The number of ether oxygens (including phenoxy) is 1. The van der Waals surface area contributed by atoms with Gasteiger partial charge < -0.3 is 14.5 Å². The lowest BCUT2D eigenvalue weighted by Gasteiger charge is -2.36. The van der Waals surface area contributed by atoms with Crippen LogP contribution in [0.3, 0.4) is 0 Å². The predicted molar refractivity (Wildman–Crippen MR) is 116 cm³/mol.